The summed E-state index contributed by atoms with van der Waals surface area (Å²) in [5, 5.41) is 16.1. The highest BCUT2D eigenvalue weighted by Gasteiger charge is 2.78. The van der Waals surface area contributed by atoms with Crippen molar-refractivity contribution in [1.82, 2.24) is 15.5 Å². The summed E-state index contributed by atoms with van der Waals surface area (Å²) < 4.78 is 6.54. The normalized spacial score (nSPS) is 35.5. The van der Waals surface area contributed by atoms with Crippen molar-refractivity contribution >= 4 is 17.7 Å². The summed E-state index contributed by atoms with van der Waals surface area (Å²) in [6, 6.07) is -1.41. The van der Waals surface area contributed by atoms with Gasteiger partial charge in [-0.25, -0.2) is 0 Å². The highest BCUT2D eigenvalue weighted by Crippen LogP contribution is 2.63. The number of aliphatic hydroxyl groups excluding tert-OH is 1. The number of rotatable bonds is 7. The molecule has 3 fully saturated rings. The van der Waals surface area contributed by atoms with Gasteiger partial charge in [0.1, 0.15) is 11.6 Å². The van der Waals surface area contributed by atoms with Gasteiger partial charge < -0.3 is 25.4 Å². The van der Waals surface area contributed by atoms with E-state index >= 15 is 0 Å². The van der Waals surface area contributed by atoms with Crippen LogP contribution in [0.3, 0.4) is 0 Å². The first kappa shape index (κ1) is 24.0. The van der Waals surface area contributed by atoms with E-state index in [1.807, 2.05) is 48.5 Å². The molecule has 2 bridgehead atoms. The number of amides is 3. The topological polar surface area (TPSA) is 108 Å². The SMILES string of the molecule is CCCNC(=O)[C@@H]1[C@H]2C(=O)N([C@@H](CO)C(C)C)C(C(=O)NC(C)(C)C)C23CC[C@@]1(C)O3. The Morgan fingerprint density at radius 1 is 1.26 bits per heavy atom. The number of aliphatic hydroxyl groups is 1. The lowest BCUT2D eigenvalue weighted by Crippen LogP contribution is -2.61. The number of likely N-dealkylation sites (tertiary alicyclic amines) is 1. The molecule has 176 valence electrons. The number of hydrogen-bond donors (Lipinski definition) is 3. The maximum absolute atomic E-state index is 13.9. The number of nitrogens with one attached hydrogen (secondary N) is 2. The van der Waals surface area contributed by atoms with Gasteiger partial charge in [0, 0.05) is 12.1 Å². The highest BCUT2D eigenvalue weighted by atomic mass is 16.5. The molecule has 8 nitrogen and oxygen atoms in total. The Bertz CT molecular complexity index is 748. The lowest BCUT2D eigenvalue weighted by molar-refractivity contribution is -0.151. The minimum Gasteiger partial charge on any atom is -0.394 e. The quantitative estimate of drug-likeness (QED) is 0.555. The van der Waals surface area contributed by atoms with E-state index in [0.717, 1.165) is 6.42 Å². The van der Waals surface area contributed by atoms with E-state index in [1.165, 1.54) is 4.90 Å². The predicted molar refractivity (Wildman–Crippen MR) is 116 cm³/mol. The van der Waals surface area contributed by atoms with Crippen LogP contribution in [0.1, 0.15) is 67.7 Å². The summed E-state index contributed by atoms with van der Waals surface area (Å²) in [6.45, 7) is 13.7. The van der Waals surface area contributed by atoms with Crippen molar-refractivity contribution in [2.75, 3.05) is 13.2 Å². The van der Waals surface area contributed by atoms with Gasteiger partial charge >= 0.3 is 0 Å². The third-order valence-corrected chi connectivity index (χ3v) is 7.11. The average molecular weight is 438 g/mol. The first-order valence-corrected chi connectivity index (χ1v) is 11.6. The molecule has 0 aromatic heterocycles. The van der Waals surface area contributed by atoms with Crippen LogP contribution in [0.5, 0.6) is 0 Å². The van der Waals surface area contributed by atoms with Crippen molar-refractivity contribution in [3.8, 4) is 0 Å². The Labute approximate surface area is 185 Å². The largest absolute Gasteiger partial charge is 0.394 e. The predicted octanol–water partition coefficient (Wildman–Crippen LogP) is 1.21. The Hall–Kier alpha value is -1.67. The average Bonchev–Trinajstić information content (AvgIpc) is 3.20. The zero-order chi connectivity index (χ0) is 23.4. The summed E-state index contributed by atoms with van der Waals surface area (Å²) in [5.41, 5.74) is -2.33. The highest BCUT2D eigenvalue weighted by molar-refractivity contribution is 5.99. The number of carbonyl (C=O) groups is 3. The standard InChI is InChI=1S/C23H39N3O5/c1-8-11-24-18(28)15-16-20(30)26(14(12-27)13(2)3)17(19(29)25-21(4,5)6)23(16)10-9-22(15,7)31-23/h13-17,27H,8-12H2,1-7H3,(H,24,28)(H,25,29)/t14-,15-,16-,17?,22+,23?/m0/s1. The molecule has 0 aromatic rings. The van der Waals surface area contributed by atoms with E-state index in [-0.39, 0.29) is 30.2 Å². The third-order valence-electron chi connectivity index (χ3n) is 7.11. The molecular formula is C23H39N3O5. The summed E-state index contributed by atoms with van der Waals surface area (Å²) in [5.74, 6) is -2.18. The summed E-state index contributed by atoms with van der Waals surface area (Å²) in [7, 11) is 0. The van der Waals surface area contributed by atoms with Gasteiger partial charge in [0.2, 0.25) is 17.7 Å². The molecule has 6 atom stereocenters. The van der Waals surface area contributed by atoms with Crippen LogP contribution in [0.2, 0.25) is 0 Å². The molecule has 3 saturated heterocycles. The lowest BCUT2D eigenvalue weighted by atomic mass is 9.66. The van der Waals surface area contributed by atoms with E-state index in [0.29, 0.717) is 19.4 Å². The van der Waals surface area contributed by atoms with Gasteiger partial charge in [-0.15, -0.1) is 0 Å². The molecule has 8 heteroatoms. The van der Waals surface area contributed by atoms with Gasteiger partial charge in [-0.05, 0) is 52.9 Å². The Morgan fingerprint density at radius 2 is 1.90 bits per heavy atom. The van der Waals surface area contributed by atoms with Crippen molar-refractivity contribution in [2.45, 2.75) is 96.6 Å². The Kier molecular flexibility index (Phi) is 6.21. The van der Waals surface area contributed by atoms with Crippen LogP contribution in [0.4, 0.5) is 0 Å². The van der Waals surface area contributed by atoms with Gasteiger partial charge in [0.25, 0.3) is 0 Å². The van der Waals surface area contributed by atoms with Crippen molar-refractivity contribution in [1.29, 1.82) is 0 Å². The van der Waals surface area contributed by atoms with Crippen LogP contribution in [0.15, 0.2) is 0 Å². The number of fused-ring (bicyclic) bond motifs is 1. The maximum Gasteiger partial charge on any atom is 0.246 e. The van der Waals surface area contributed by atoms with Gasteiger partial charge in [-0.2, -0.15) is 0 Å². The zero-order valence-corrected chi connectivity index (χ0v) is 19.9. The minimum atomic E-state index is -1.06. The zero-order valence-electron chi connectivity index (χ0n) is 19.9. The second-order valence-corrected chi connectivity index (χ2v) is 11.0. The number of hydrogen-bond acceptors (Lipinski definition) is 5. The molecule has 3 heterocycles. The van der Waals surface area contributed by atoms with E-state index in [2.05, 4.69) is 10.6 Å². The first-order valence-electron chi connectivity index (χ1n) is 11.6. The third kappa shape index (κ3) is 3.75. The summed E-state index contributed by atoms with van der Waals surface area (Å²) in [6.07, 6.45) is 1.94. The smallest absolute Gasteiger partial charge is 0.246 e. The van der Waals surface area contributed by atoms with Crippen LogP contribution in [0.25, 0.3) is 0 Å². The monoisotopic (exact) mass is 437 g/mol. The Balaban J connectivity index is 2.09. The molecule has 0 aliphatic carbocycles. The summed E-state index contributed by atoms with van der Waals surface area (Å²) in [4.78, 5) is 42.1. The van der Waals surface area contributed by atoms with E-state index < -0.39 is 40.7 Å². The van der Waals surface area contributed by atoms with E-state index in [4.69, 9.17) is 4.74 Å². The van der Waals surface area contributed by atoms with Crippen LogP contribution < -0.4 is 10.6 Å². The molecule has 0 saturated carbocycles. The molecule has 31 heavy (non-hydrogen) atoms. The summed E-state index contributed by atoms with van der Waals surface area (Å²) >= 11 is 0. The van der Waals surface area contributed by atoms with Crippen molar-refractivity contribution in [3.63, 3.8) is 0 Å². The van der Waals surface area contributed by atoms with Crippen LogP contribution >= 0.6 is 0 Å². The fourth-order valence-corrected chi connectivity index (χ4v) is 5.84. The molecule has 3 aliphatic heterocycles. The van der Waals surface area contributed by atoms with Crippen LogP contribution in [-0.2, 0) is 19.1 Å². The molecule has 3 aliphatic rings. The van der Waals surface area contributed by atoms with Gasteiger partial charge in [0.15, 0.2) is 0 Å². The number of carbonyl (C=O) groups excluding carboxylic acids is 3. The number of nitrogens with zero attached hydrogens (tertiary/aromatic N) is 1. The Morgan fingerprint density at radius 3 is 2.42 bits per heavy atom. The fraction of sp³-hybridized carbons (Fsp3) is 0.870. The van der Waals surface area contributed by atoms with Crippen LogP contribution in [0, 0.1) is 17.8 Å². The molecule has 0 radical (unpaired) electrons. The van der Waals surface area contributed by atoms with Crippen molar-refractivity contribution in [2.24, 2.45) is 17.8 Å². The molecule has 1 spiro atoms. The van der Waals surface area contributed by atoms with Crippen molar-refractivity contribution in [3.05, 3.63) is 0 Å². The van der Waals surface area contributed by atoms with Crippen LogP contribution in [-0.4, -0.2) is 69.7 Å². The molecular weight excluding hydrogens is 398 g/mol. The minimum absolute atomic E-state index is 0.0609. The fourth-order valence-electron chi connectivity index (χ4n) is 5.84. The molecule has 3 rings (SSSR count). The number of ether oxygens (including phenoxy) is 1. The van der Waals surface area contributed by atoms with Gasteiger partial charge in [0.05, 0.1) is 30.1 Å². The van der Waals surface area contributed by atoms with Gasteiger partial charge in [-0.1, -0.05) is 20.8 Å². The lowest BCUT2D eigenvalue weighted by Gasteiger charge is -2.39. The second-order valence-electron chi connectivity index (χ2n) is 11.0. The van der Waals surface area contributed by atoms with E-state index in [9.17, 15) is 19.5 Å². The molecule has 2 unspecified atom stereocenters. The van der Waals surface area contributed by atoms with E-state index in [1.54, 1.807) is 0 Å². The van der Waals surface area contributed by atoms with Gasteiger partial charge in [-0.3, -0.25) is 14.4 Å². The molecule has 3 amide bonds. The molecule has 3 N–H and O–H groups in total. The maximum atomic E-state index is 13.9. The van der Waals surface area contributed by atoms with Crippen molar-refractivity contribution < 1.29 is 24.2 Å². The molecule has 0 aromatic carbocycles. The second kappa shape index (κ2) is 8.03. The first-order chi connectivity index (χ1) is 14.3.